The van der Waals surface area contributed by atoms with Gasteiger partial charge in [-0.05, 0) is 61.9 Å². The molecule has 1 aromatic heterocycles. The van der Waals surface area contributed by atoms with Gasteiger partial charge in [-0.15, -0.1) is 0 Å². The van der Waals surface area contributed by atoms with Crippen LogP contribution < -0.4 is 0 Å². The molecule has 0 spiro atoms. The van der Waals surface area contributed by atoms with E-state index in [1.54, 1.807) is 0 Å². The van der Waals surface area contributed by atoms with Crippen molar-refractivity contribution in [1.29, 1.82) is 0 Å². The van der Waals surface area contributed by atoms with E-state index in [1.165, 1.54) is 22.9 Å². The third kappa shape index (κ3) is 4.54. The van der Waals surface area contributed by atoms with Crippen molar-refractivity contribution in [2.45, 2.75) is 38.6 Å². The first-order valence-electron chi connectivity index (χ1n) is 9.85. The van der Waals surface area contributed by atoms with E-state index in [-0.39, 0.29) is 12.0 Å². The van der Waals surface area contributed by atoms with E-state index >= 15 is 0 Å². The molecule has 3 aromatic rings. The van der Waals surface area contributed by atoms with E-state index in [0.29, 0.717) is 0 Å². The Balaban J connectivity index is 1.37. The van der Waals surface area contributed by atoms with Gasteiger partial charge in [0.1, 0.15) is 11.0 Å². The fourth-order valence-corrected chi connectivity index (χ4v) is 4.87. The van der Waals surface area contributed by atoms with Gasteiger partial charge in [0.15, 0.2) is 0 Å². The molecular weight excluding hydrogens is 354 g/mol. The minimum atomic E-state index is 0.0410. The van der Waals surface area contributed by atoms with Crippen molar-refractivity contribution in [3.63, 3.8) is 0 Å². The molecule has 0 saturated carbocycles. The highest BCUT2D eigenvalue weighted by atomic mass is 32.1. The number of aromatic nitrogens is 2. The summed E-state index contributed by atoms with van der Waals surface area (Å²) in [5, 5.41) is 10.2. The van der Waals surface area contributed by atoms with Crippen LogP contribution in [0.5, 0.6) is 0 Å². The summed E-state index contributed by atoms with van der Waals surface area (Å²) in [5.74, 6) is 0. The van der Waals surface area contributed by atoms with Crippen LogP contribution in [0.4, 0.5) is 0 Å². The Bertz CT molecular complexity index is 866. The first-order valence-corrected chi connectivity index (χ1v) is 10.6. The first kappa shape index (κ1) is 18.5. The lowest BCUT2D eigenvalue weighted by Gasteiger charge is -2.42. The summed E-state index contributed by atoms with van der Waals surface area (Å²) in [4.78, 5) is 2.50. The molecule has 2 aromatic carbocycles. The lowest BCUT2D eigenvalue weighted by molar-refractivity contribution is 0.0208. The summed E-state index contributed by atoms with van der Waals surface area (Å²) in [6, 6.07) is 17.1. The van der Waals surface area contributed by atoms with E-state index in [9.17, 15) is 5.11 Å². The Hall–Kier alpha value is -1.82. The molecule has 0 radical (unpaired) electrons. The molecule has 1 saturated heterocycles. The van der Waals surface area contributed by atoms with Gasteiger partial charge in [0, 0.05) is 25.1 Å². The Kier molecular flexibility index (Phi) is 5.81. The SMILES string of the molecule is OC[C@@]1(CCCc2ccccc2)CCCN(Cc2ccc3nsnc3c2)C1. The molecule has 0 bridgehead atoms. The van der Waals surface area contributed by atoms with Crippen molar-refractivity contribution in [2.75, 3.05) is 19.7 Å². The predicted octanol–water partition coefficient (Wildman–Crippen LogP) is 4.29. The Labute approximate surface area is 165 Å². The average molecular weight is 382 g/mol. The van der Waals surface area contributed by atoms with Gasteiger partial charge in [0.25, 0.3) is 0 Å². The van der Waals surface area contributed by atoms with Crippen LogP contribution in [0, 0.1) is 5.41 Å². The van der Waals surface area contributed by atoms with Crippen molar-refractivity contribution in [2.24, 2.45) is 5.41 Å². The number of likely N-dealkylation sites (tertiary alicyclic amines) is 1. The van der Waals surface area contributed by atoms with Crippen molar-refractivity contribution in [1.82, 2.24) is 13.6 Å². The third-order valence-corrected chi connectivity index (χ3v) is 6.37. The molecular formula is C22H27N3OS. The topological polar surface area (TPSA) is 49.2 Å². The number of nitrogens with zero attached hydrogens (tertiary/aromatic N) is 3. The van der Waals surface area contributed by atoms with Crippen LogP contribution in [0.15, 0.2) is 48.5 Å². The normalized spacial score (nSPS) is 20.9. The maximum atomic E-state index is 10.2. The zero-order valence-corrected chi connectivity index (χ0v) is 16.5. The number of aryl methyl sites for hydroxylation is 1. The number of hydrogen-bond acceptors (Lipinski definition) is 5. The molecule has 0 aliphatic carbocycles. The zero-order valence-electron chi connectivity index (χ0n) is 15.7. The summed E-state index contributed by atoms with van der Waals surface area (Å²) >= 11 is 1.27. The molecule has 1 N–H and O–H groups in total. The van der Waals surface area contributed by atoms with Crippen LogP contribution in [-0.4, -0.2) is 38.4 Å². The molecule has 4 nitrogen and oxygen atoms in total. The molecule has 0 unspecified atom stereocenters. The number of fused-ring (bicyclic) bond motifs is 1. The molecule has 1 atom stereocenters. The number of aliphatic hydroxyl groups excluding tert-OH is 1. The average Bonchev–Trinajstić information content (AvgIpc) is 3.17. The summed E-state index contributed by atoms with van der Waals surface area (Å²) in [6.45, 7) is 3.29. The van der Waals surface area contributed by atoms with Gasteiger partial charge in [0.05, 0.1) is 11.7 Å². The second-order valence-corrected chi connectivity index (χ2v) is 8.43. The van der Waals surface area contributed by atoms with Crippen LogP contribution in [-0.2, 0) is 13.0 Å². The van der Waals surface area contributed by atoms with Crippen molar-refractivity contribution < 1.29 is 5.11 Å². The lowest BCUT2D eigenvalue weighted by Crippen LogP contribution is -2.45. The van der Waals surface area contributed by atoms with Crippen molar-refractivity contribution >= 4 is 22.8 Å². The molecule has 2 heterocycles. The molecule has 5 heteroatoms. The summed E-state index contributed by atoms with van der Waals surface area (Å²) < 4.78 is 8.64. The van der Waals surface area contributed by atoms with Crippen LogP contribution >= 0.6 is 11.7 Å². The van der Waals surface area contributed by atoms with E-state index in [2.05, 4.69) is 62.2 Å². The summed E-state index contributed by atoms with van der Waals surface area (Å²) in [7, 11) is 0. The number of piperidine rings is 1. The fraction of sp³-hybridized carbons (Fsp3) is 0.455. The van der Waals surface area contributed by atoms with Gasteiger partial charge < -0.3 is 5.11 Å². The highest BCUT2D eigenvalue weighted by Crippen LogP contribution is 2.35. The molecule has 142 valence electrons. The summed E-state index contributed by atoms with van der Waals surface area (Å²) in [5.41, 5.74) is 4.69. The van der Waals surface area contributed by atoms with Crippen molar-refractivity contribution in [3.8, 4) is 0 Å². The van der Waals surface area contributed by atoms with Crippen LogP contribution in [0.3, 0.4) is 0 Å². The predicted molar refractivity (Wildman–Crippen MR) is 111 cm³/mol. The second-order valence-electron chi connectivity index (χ2n) is 7.90. The van der Waals surface area contributed by atoms with Gasteiger partial charge in [-0.2, -0.15) is 8.75 Å². The highest BCUT2D eigenvalue weighted by Gasteiger charge is 2.34. The second kappa shape index (κ2) is 8.46. The van der Waals surface area contributed by atoms with Crippen molar-refractivity contribution in [3.05, 3.63) is 59.7 Å². The molecule has 27 heavy (non-hydrogen) atoms. The third-order valence-electron chi connectivity index (χ3n) is 5.82. The fourth-order valence-electron chi connectivity index (χ4n) is 4.35. The number of benzene rings is 2. The highest BCUT2D eigenvalue weighted by molar-refractivity contribution is 7.00. The standard InChI is InChI=1S/C22H27N3OS/c26-17-22(11-4-8-18-6-2-1-3-7-18)12-5-13-25(16-22)15-19-9-10-20-21(14-19)24-27-23-20/h1-3,6-7,9-10,14,26H,4-5,8,11-13,15-17H2/t22-/m0/s1. The van der Waals surface area contributed by atoms with E-state index in [4.69, 9.17) is 0 Å². The zero-order chi connectivity index (χ0) is 18.5. The maximum Gasteiger partial charge on any atom is 0.105 e. The number of rotatable bonds is 7. The van der Waals surface area contributed by atoms with Gasteiger partial charge in [-0.3, -0.25) is 4.90 Å². The lowest BCUT2D eigenvalue weighted by atomic mass is 9.76. The summed E-state index contributed by atoms with van der Waals surface area (Å²) in [6.07, 6.45) is 5.60. The minimum Gasteiger partial charge on any atom is -0.396 e. The molecule has 1 fully saturated rings. The van der Waals surface area contributed by atoms with Crippen LogP contribution in [0.2, 0.25) is 0 Å². The monoisotopic (exact) mass is 381 g/mol. The van der Waals surface area contributed by atoms with E-state index < -0.39 is 0 Å². The molecule has 4 rings (SSSR count). The van der Waals surface area contributed by atoms with Crippen LogP contribution in [0.1, 0.15) is 36.8 Å². The van der Waals surface area contributed by atoms with E-state index in [1.807, 2.05) is 0 Å². The van der Waals surface area contributed by atoms with Gasteiger partial charge in [0.2, 0.25) is 0 Å². The minimum absolute atomic E-state index is 0.0410. The Morgan fingerprint density at radius 2 is 1.89 bits per heavy atom. The van der Waals surface area contributed by atoms with Gasteiger partial charge in [-0.1, -0.05) is 36.4 Å². The first-order chi connectivity index (χ1) is 13.3. The van der Waals surface area contributed by atoms with Crippen LogP contribution in [0.25, 0.3) is 11.0 Å². The number of hydrogen-bond donors (Lipinski definition) is 1. The number of aliphatic hydroxyl groups is 1. The largest absolute Gasteiger partial charge is 0.396 e. The molecule has 0 amide bonds. The van der Waals surface area contributed by atoms with E-state index in [0.717, 1.165) is 62.8 Å². The Morgan fingerprint density at radius 3 is 2.74 bits per heavy atom. The quantitative estimate of drug-likeness (QED) is 0.663. The van der Waals surface area contributed by atoms with Gasteiger partial charge >= 0.3 is 0 Å². The molecule has 1 aliphatic rings. The van der Waals surface area contributed by atoms with Gasteiger partial charge in [-0.25, -0.2) is 0 Å². The molecule has 1 aliphatic heterocycles. The smallest absolute Gasteiger partial charge is 0.105 e. The maximum absolute atomic E-state index is 10.2. The Morgan fingerprint density at radius 1 is 1.04 bits per heavy atom.